The SMILES string of the molecule is CC1=CCC2C(=O)NN=C(C)N2C1. The average Bonchev–Trinajstić information content (AvgIpc) is 2.12. The monoisotopic (exact) mass is 179 g/mol. The van der Waals surface area contributed by atoms with Crippen molar-refractivity contribution >= 4 is 11.7 Å². The highest BCUT2D eigenvalue weighted by Gasteiger charge is 2.31. The fourth-order valence-electron chi connectivity index (χ4n) is 1.75. The van der Waals surface area contributed by atoms with Crippen LogP contribution in [0, 0.1) is 0 Å². The second kappa shape index (κ2) is 2.87. The third-order valence-corrected chi connectivity index (χ3v) is 2.53. The van der Waals surface area contributed by atoms with E-state index in [4.69, 9.17) is 0 Å². The van der Waals surface area contributed by atoms with E-state index >= 15 is 0 Å². The molecule has 0 aliphatic carbocycles. The van der Waals surface area contributed by atoms with E-state index in [2.05, 4.69) is 23.5 Å². The van der Waals surface area contributed by atoms with Crippen LogP contribution in [0.3, 0.4) is 0 Å². The number of rotatable bonds is 0. The lowest BCUT2D eigenvalue weighted by Gasteiger charge is -2.37. The first-order chi connectivity index (χ1) is 6.18. The van der Waals surface area contributed by atoms with Gasteiger partial charge >= 0.3 is 0 Å². The van der Waals surface area contributed by atoms with Crippen molar-refractivity contribution in [2.45, 2.75) is 26.3 Å². The summed E-state index contributed by atoms with van der Waals surface area (Å²) >= 11 is 0. The molecule has 4 nitrogen and oxygen atoms in total. The van der Waals surface area contributed by atoms with E-state index in [1.54, 1.807) is 0 Å². The van der Waals surface area contributed by atoms with Gasteiger partial charge in [0.15, 0.2) is 0 Å². The summed E-state index contributed by atoms with van der Waals surface area (Å²) in [6.45, 7) is 4.83. The fraction of sp³-hybridized carbons (Fsp3) is 0.556. The van der Waals surface area contributed by atoms with Crippen LogP contribution in [0.25, 0.3) is 0 Å². The van der Waals surface area contributed by atoms with Crippen molar-refractivity contribution < 1.29 is 4.79 Å². The van der Waals surface area contributed by atoms with Crippen LogP contribution in [0.5, 0.6) is 0 Å². The summed E-state index contributed by atoms with van der Waals surface area (Å²) in [4.78, 5) is 13.4. The smallest absolute Gasteiger partial charge is 0.263 e. The van der Waals surface area contributed by atoms with Gasteiger partial charge in [0.25, 0.3) is 5.91 Å². The number of amides is 1. The molecule has 13 heavy (non-hydrogen) atoms. The number of amidine groups is 1. The van der Waals surface area contributed by atoms with Gasteiger partial charge in [-0.2, -0.15) is 5.10 Å². The predicted molar refractivity (Wildman–Crippen MR) is 50.1 cm³/mol. The third-order valence-electron chi connectivity index (χ3n) is 2.53. The molecule has 70 valence electrons. The molecule has 0 bridgehead atoms. The third kappa shape index (κ3) is 1.32. The van der Waals surface area contributed by atoms with Crippen LogP contribution >= 0.6 is 0 Å². The standard InChI is InChI=1S/C9H13N3O/c1-6-3-4-8-9(13)11-10-7(2)12(8)5-6/h3,8H,4-5H2,1-2H3,(H,11,13). The Kier molecular flexibility index (Phi) is 1.83. The molecule has 2 heterocycles. The molecule has 0 aromatic rings. The first-order valence-corrected chi connectivity index (χ1v) is 4.45. The zero-order valence-corrected chi connectivity index (χ0v) is 7.87. The molecular weight excluding hydrogens is 166 g/mol. The molecule has 4 heteroatoms. The van der Waals surface area contributed by atoms with Crippen LogP contribution in [-0.2, 0) is 4.79 Å². The van der Waals surface area contributed by atoms with E-state index < -0.39 is 0 Å². The van der Waals surface area contributed by atoms with Crippen molar-refractivity contribution in [2.24, 2.45) is 5.10 Å². The van der Waals surface area contributed by atoms with E-state index in [1.165, 1.54) is 5.57 Å². The molecule has 0 saturated carbocycles. The molecule has 0 aromatic carbocycles. The van der Waals surface area contributed by atoms with E-state index in [0.29, 0.717) is 0 Å². The summed E-state index contributed by atoms with van der Waals surface area (Å²) in [7, 11) is 0. The number of carbonyl (C=O) groups is 1. The molecule has 1 atom stereocenters. The molecule has 0 radical (unpaired) electrons. The fourth-order valence-corrected chi connectivity index (χ4v) is 1.75. The lowest BCUT2D eigenvalue weighted by atomic mass is 10.0. The molecule has 2 aliphatic heterocycles. The van der Waals surface area contributed by atoms with Crippen LogP contribution in [0.4, 0.5) is 0 Å². The quantitative estimate of drug-likeness (QED) is 0.549. The van der Waals surface area contributed by atoms with E-state index in [0.717, 1.165) is 18.8 Å². The number of hydrogen-bond acceptors (Lipinski definition) is 3. The van der Waals surface area contributed by atoms with Crippen molar-refractivity contribution in [3.8, 4) is 0 Å². The van der Waals surface area contributed by atoms with Crippen molar-refractivity contribution in [3.63, 3.8) is 0 Å². The minimum absolute atomic E-state index is 0.00866. The van der Waals surface area contributed by atoms with Gasteiger partial charge in [0.2, 0.25) is 0 Å². The molecule has 0 spiro atoms. The molecule has 1 N–H and O–H groups in total. The maximum absolute atomic E-state index is 11.4. The summed E-state index contributed by atoms with van der Waals surface area (Å²) in [5.41, 5.74) is 3.83. The second-order valence-electron chi connectivity index (χ2n) is 3.56. The molecule has 1 unspecified atom stereocenters. The largest absolute Gasteiger partial charge is 0.342 e. The van der Waals surface area contributed by atoms with Gasteiger partial charge in [0.05, 0.1) is 0 Å². The van der Waals surface area contributed by atoms with Gasteiger partial charge in [-0.05, 0) is 20.3 Å². The first kappa shape index (κ1) is 8.29. The van der Waals surface area contributed by atoms with Crippen LogP contribution in [0.1, 0.15) is 20.3 Å². The maximum atomic E-state index is 11.4. The second-order valence-corrected chi connectivity index (χ2v) is 3.56. The minimum Gasteiger partial charge on any atom is -0.342 e. The van der Waals surface area contributed by atoms with Crippen molar-refractivity contribution in [3.05, 3.63) is 11.6 Å². The molecule has 0 saturated heterocycles. The number of carbonyl (C=O) groups excluding carboxylic acids is 1. The zero-order chi connectivity index (χ0) is 9.42. The van der Waals surface area contributed by atoms with Crippen LogP contribution < -0.4 is 5.43 Å². The van der Waals surface area contributed by atoms with Crippen molar-refractivity contribution in [1.29, 1.82) is 0 Å². The summed E-state index contributed by atoms with van der Waals surface area (Å²) < 4.78 is 0. The Labute approximate surface area is 77.3 Å². The Bertz CT molecular complexity index is 306. The lowest BCUT2D eigenvalue weighted by Crippen LogP contribution is -2.54. The summed E-state index contributed by atoms with van der Waals surface area (Å²) in [6, 6.07) is -0.0406. The van der Waals surface area contributed by atoms with Gasteiger partial charge in [-0.3, -0.25) is 4.79 Å². The maximum Gasteiger partial charge on any atom is 0.263 e. The molecule has 0 fully saturated rings. The summed E-state index contributed by atoms with van der Waals surface area (Å²) in [5, 5.41) is 3.95. The van der Waals surface area contributed by atoms with Crippen molar-refractivity contribution in [1.82, 2.24) is 10.3 Å². The Morgan fingerprint density at radius 3 is 3.15 bits per heavy atom. The summed E-state index contributed by atoms with van der Waals surface area (Å²) in [5.74, 6) is 0.909. The molecule has 2 aliphatic rings. The normalized spacial score (nSPS) is 27.4. The first-order valence-electron chi connectivity index (χ1n) is 4.45. The highest BCUT2D eigenvalue weighted by molar-refractivity contribution is 5.93. The zero-order valence-electron chi connectivity index (χ0n) is 7.87. The molecule has 1 amide bonds. The van der Waals surface area contributed by atoms with Crippen molar-refractivity contribution in [2.75, 3.05) is 6.54 Å². The van der Waals surface area contributed by atoms with Crippen LogP contribution in [0.15, 0.2) is 16.8 Å². The Hall–Kier alpha value is -1.32. The average molecular weight is 179 g/mol. The highest BCUT2D eigenvalue weighted by atomic mass is 16.2. The Morgan fingerprint density at radius 1 is 1.62 bits per heavy atom. The molecular formula is C9H13N3O. The van der Waals surface area contributed by atoms with E-state index in [9.17, 15) is 4.79 Å². The number of nitrogens with one attached hydrogen (secondary N) is 1. The number of fused-ring (bicyclic) bond motifs is 1. The Balaban J connectivity index is 2.29. The predicted octanol–water partition coefficient (Wildman–Crippen LogP) is 0.470. The number of hydrazone groups is 1. The highest BCUT2D eigenvalue weighted by Crippen LogP contribution is 2.18. The Morgan fingerprint density at radius 2 is 2.38 bits per heavy atom. The van der Waals surface area contributed by atoms with Gasteiger partial charge in [0, 0.05) is 6.54 Å². The number of hydrogen-bond donors (Lipinski definition) is 1. The van der Waals surface area contributed by atoms with Gasteiger partial charge in [-0.15, -0.1) is 0 Å². The van der Waals surface area contributed by atoms with Crippen LogP contribution in [0.2, 0.25) is 0 Å². The van der Waals surface area contributed by atoms with Gasteiger partial charge in [0.1, 0.15) is 11.9 Å². The van der Waals surface area contributed by atoms with Crippen LogP contribution in [-0.4, -0.2) is 29.2 Å². The van der Waals surface area contributed by atoms with Gasteiger partial charge in [-0.25, -0.2) is 5.43 Å². The van der Waals surface area contributed by atoms with Gasteiger partial charge < -0.3 is 4.90 Å². The van der Waals surface area contributed by atoms with E-state index in [1.807, 2.05) is 11.8 Å². The van der Waals surface area contributed by atoms with Gasteiger partial charge in [-0.1, -0.05) is 11.6 Å². The number of nitrogens with zero attached hydrogens (tertiary/aromatic N) is 2. The lowest BCUT2D eigenvalue weighted by molar-refractivity contribution is -0.126. The summed E-state index contributed by atoms with van der Waals surface area (Å²) in [6.07, 6.45) is 2.92. The minimum atomic E-state index is -0.0406. The molecule has 2 rings (SSSR count). The molecule has 0 aromatic heterocycles. The topological polar surface area (TPSA) is 44.7 Å². The van der Waals surface area contributed by atoms with E-state index in [-0.39, 0.29) is 11.9 Å².